The predicted octanol–water partition coefficient (Wildman–Crippen LogP) is 4.04. The zero-order valence-electron chi connectivity index (χ0n) is 15.0. The summed E-state index contributed by atoms with van der Waals surface area (Å²) in [5.74, 6) is 1.18. The van der Waals surface area contributed by atoms with Gasteiger partial charge in [0.25, 0.3) is 5.91 Å². The SMILES string of the molecule is COc1ccc(/C(C)=N/NC(=O)c2cccnc2Oc2ccccc2)cc1. The summed E-state index contributed by atoms with van der Waals surface area (Å²) < 4.78 is 10.8. The smallest absolute Gasteiger partial charge is 0.276 e. The maximum Gasteiger partial charge on any atom is 0.276 e. The summed E-state index contributed by atoms with van der Waals surface area (Å²) in [4.78, 5) is 16.7. The second kappa shape index (κ2) is 8.62. The molecule has 0 radical (unpaired) electrons. The molecule has 136 valence electrons. The molecule has 0 spiro atoms. The van der Waals surface area contributed by atoms with Gasteiger partial charge in [-0.05, 0) is 61.0 Å². The van der Waals surface area contributed by atoms with Crippen molar-refractivity contribution in [1.29, 1.82) is 0 Å². The van der Waals surface area contributed by atoms with Crippen molar-refractivity contribution in [3.63, 3.8) is 0 Å². The largest absolute Gasteiger partial charge is 0.497 e. The number of hydrogen-bond acceptors (Lipinski definition) is 5. The molecule has 6 nitrogen and oxygen atoms in total. The number of pyridine rings is 1. The van der Waals surface area contributed by atoms with Crippen LogP contribution in [-0.4, -0.2) is 23.7 Å². The van der Waals surface area contributed by atoms with Gasteiger partial charge in [0, 0.05) is 6.20 Å². The lowest BCUT2D eigenvalue weighted by molar-refractivity contribution is 0.0952. The van der Waals surface area contributed by atoms with Gasteiger partial charge >= 0.3 is 0 Å². The highest BCUT2D eigenvalue weighted by molar-refractivity contribution is 6.01. The Morgan fingerprint density at radius 1 is 0.963 bits per heavy atom. The zero-order valence-corrected chi connectivity index (χ0v) is 15.0. The molecule has 3 aromatic rings. The van der Waals surface area contributed by atoms with Gasteiger partial charge in [-0.25, -0.2) is 10.4 Å². The summed E-state index contributed by atoms with van der Waals surface area (Å²) >= 11 is 0. The highest BCUT2D eigenvalue weighted by atomic mass is 16.5. The van der Waals surface area contributed by atoms with Gasteiger partial charge in [-0.15, -0.1) is 0 Å². The minimum atomic E-state index is -0.401. The molecular weight excluding hydrogens is 342 g/mol. The normalized spacial score (nSPS) is 11.0. The average molecular weight is 361 g/mol. The van der Waals surface area contributed by atoms with Crippen LogP contribution >= 0.6 is 0 Å². The first kappa shape index (κ1) is 18.1. The van der Waals surface area contributed by atoms with Crippen molar-refractivity contribution < 1.29 is 14.3 Å². The predicted molar refractivity (Wildman–Crippen MR) is 103 cm³/mol. The maximum atomic E-state index is 12.5. The zero-order chi connectivity index (χ0) is 19.1. The third-order valence-corrected chi connectivity index (χ3v) is 3.81. The van der Waals surface area contributed by atoms with Crippen molar-refractivity contribution in [3.8, 4) is 17.4 Å². The molecule has 0 atom stereocenters. The van der Waals surface area contributed by atoms with Crippen molar-refractivity contribution in [2.75, 3.05) is 7.11 Å². The van der Waals surface area contributed by atoms with Crippen LogP contribution < -0.4 is 14.9 Å². The van der Waals surface area contributed by atoms with Crippen LogP contribution in [0, 0.1) is 0 Å². The van der Waals surface area contributed by atoms with E-state index >= 15 is 0 Å². The Balaban J connectivity index is 1.74. The summed E-state index contributed by atoms with van der Waals surface area (Å²) in [6, 6.07) is 19.9. The topological polar surface area (TPSA) is 72.8 Å². The van der Waals surface area contributed by atoms with E-state index in [1.807, 2.05) is 49.4 Å². The molecule has 0 unspecified atom stereocenters. The van der Waals surface area contributed by atoms with Gasteiger partial charge in [0.1, 0.15) is 17.1 Å². The average Bonchev–Trinajstić information content (AvgIpc) is 2.73. The number of amides is 1. The molecule has 0 aliphatic carbocycles. The molecule has 27 heavy (non-hydrogen) atoms. The van der Waals surface area contributed by atoms with Crippen LogP contribution in [0.5, 0.6) is 17.4 Å². The summed E-state index contributed by atoms with van der Waals surface area (Å²) in [7, 11) is 1.61. The van der Waals surface area contributed by atoms with Gasteiger partial charge in [-0.3, -0.25) is 4.79 Å². The number of benzene rings is 2. The summed E-state index contributed by atoms with van der Waals surface area (Å²) in [6.07, 6.45) is 1.57. The van der Waals surface area contributed by atoms with Crippen molar-refractivity contribution in [3.05, 3.63) is 84.1 Å². The Bertz CT molecular complexity index is 938. The molecule has 1 amide bonds. The second-order valence-electron chi connectivity index (χ2n) is 5.64. The molecule has 0 aliphatic rings. The second-order valence-corrected chi connectivity index (χ2v) is 5.64. The molecule has 0 fully saturated rings. The number of nitrogens with one attached hydrogen (secondary N) is 1. The number of ether oxygens (including phenoxy) is 2. The minimum absolute atomic E-state index is 0.221. The third kappa shape index (κ3) is 4.70. The quantitative estimate of drug-likeness (QED) is 0.531. The molecule has 0 aliphatic heterocycles. The Morgan fingerprint density at radius 2 is 1.70 bits per heavy atom. The van der Waals surface area contributed by atoms with E-state index in [-0.39, 0.29) is 5.88 Å². The molecule has 1 aromatic heterocycles. The molecule has 1 heterocycles. The Kier molecular flexibility index (Phi) is 5.79. The van der Waals surface area contributed by atoms with E-state index in [1.54, 1.807) is 37.6 Å². The summed E-state index contributed by atoms with van der Waals surface area (Å²) in [5, 5.41) is 4.17. The van der Waals surface area contributed by atoms with Crippen LogP contribution in [0.1, 0.15) is 22.8 Å². The van der Waals surface area contributed by atoms with Crippen LogP contribution in [0.3, 0.4) is 0 Å². The highest BCUT2D eigenvalue weighted by Crippen LogP contribution is 2.22. The van der Waals surface area contributed by atoms with E-state index < -0.39 is 5.91 Å². The number of aromatic nitrogens is 1. The Hall–Kier alpha value is -3.67. The van der Waals surface area contributed by atoms with Crippen LogP contribution in [0.25, 0.3) is 0 Å². The van der Waals surface area contributed by atoms with Gasteiger partial charge in [-0.1, -0.05) is 18.2 Å². The lowest BCUT2D eigenvalue weighted by atomic mass is 10.1. The fourth-order valence-electron chi connectivity index (χ4n) is 2.34. The van der Waals surface area contributed by atoms with Gasteiger partial charge in [-0.2, -0.15) is 5.10 Å². The molecule has 0 bridgehead atoms. The number of rotatable bonds is 6. The standard InChI is InChI=1S/C21H19N3O3/c1-15(16-10-12-17(26-2)13-11-16)23-24-20(25)19-9-6-14-22-21(19)27-18-7-4-3-5-8-18/h3-14H,1-2H3,(H,24,25)/b23-15+. The fraction of sp³-hybridized carbons (Fsp3) is 0.0952. The van der Waals surface area contributed by atoms with Crippen LogP contribution in [0.4, 0.5) is 0 Å². The highest BCUT2D eigenvalue weighted by Gasteiger charge is 2.14. The van der Waals surface area contributed by atoms with E-state index in [0.717, 1.165) is 11.3 Å². The first-order valence-corrected chi connectivity index (χ1v) is 8.34. The number of carbonyl (C=O) groups excluding carboxylic acids is 1. The van der Waals surface area contributed by atoms with Crippen LogP contribution in [0.15, 0.2) is 78.0 Å². The molecular formula is C21H19N3O3. The molecule has 2 aromatic carbocycles. The number of carbonyl (C=O) groups is 1. The number of methoxy groups -OCH3 is 1. The van der Waals surface area contributed by atoms with Gasteiger partial charge in [0.2, 0.25) is 5.88 Å². The van der Waals surface area contributed by atoms with Gasteiger partial charge in [0.05, 0.1) is 12.8 Å². The molecule has 1 N–H and O–H groups in total. The third-order valence-electron chi connectivity index (χ3n) is 3.81. The van der Waals surface area contributed by atoms with Crippen molar-refractivity contribution in [2.24, 2.45) is 5.10 Å². The number of para-hydroxylation sites is 1. The van der Waals surface area contributed by atoms with Crippen LogP contribution in [-0.2, 0) is 0 Å². The van der Waals surface area contributed by atoms with Gasteiger partial charge < -0.3 is 9.47 Å². The van der Waals surface area contributed by atoms with Crippen molar-refractivity contribution >= 4 is 11.6 Å². The lowest BCUT2D eigenvalue weighted by Gasteiger charge is -2.09. The van der Waals surface area contributed by atoms with Crippen LogP contribution in [0.2, 0.25) is 0 Å². The van der Waals surface area contributed by atoms with E-state index in [0.29, 0.717) is 17.0 Å². The van der Waals surface area contributed by atoms with Crippen molar-refractivity contribution in [1.82, 2.24) is 10.4 Å². The lowest BCUT2D eigenvalue weighted by Crippen LogP contribution is -2.20. The molecule has 0 saturated heterocycles. The number of hydrogen-bond donors (Lipinski definition) is 1. The summed E-state index contributed by atoms with van der Waals surface area (Å²) in [5.41, 5.74) is 4.39. The Morgan fingerprint density at radius 3 is 2.41 bits per heavy atom. The van der Waals surface area contributed by atoms with Gasteiger partial charge in [0.15, 0.2) is 0 Å². The molecule has 0 saturated carbocycles. The van der Waals surface area contributed by atoms with E-state index in [9.17, 15) is 4.79 Å². The van der Waals surface area contributed by atoms with E-state index in [1.165, 1.54) is 0 Å². The summed E-state index contributed by atoms with van der Waals surface area (Å²) in [6.45, 7) is 1.81. The van der Waals surface area contributed by atoms with E-state index in [2.05, 4.69) is 15.5 Å². The number of nitrogens with zero attached hydrogens (tertiary/aromatic N) is 2. The number of hydrazone groups is 1. The monoisotopic (exact) mass is 361 g/mol. The van der Waals surface area contributed by atoms with E-state index in [4.69, 9.17) is 9.47 Å². The Labute approximate surface area is 157 Å². The minimum Gasteiger partial charge on any atom is -0.497 e. The van der Waals surface area contributed by atoms with Crippen molar-refractivity contribution in [2.45, 2.75) is 6.92 Å². The first-order valence-electron chi connectivity index (χ1n) is 8.34. The maximum absolute atomic E-state index is 12.5. The fourth-order valence-corrected chi connectivity index (χ4v) is 2.34. The molecule has 6 heteroatoms. The molecule has 3 rings (SSSR count). The first-order chi connectivity index (χ1) is 13.2.